The highest BCUT2D eigenvalue weighted by Gasteiger charge is 2.30. The van der Waals surface area contributed by atoms with Crippen LogP contribution in [0.1, 0.15) is 10.4 Å². The van der Waals surface area contributed by atoms with Crippen LogP contribution in [-0.2, 0) is 0 Å². The third kappa shape index (κ3) is 4.73. The maximum absolute atomic E-state index is 12.5. The van der Waals surface area contributed by atoms with Crippen LogP contribution in [0, 0.1) is 0 Å². The summed E-state index contributed by atoms with van der Waals surface area (Å²) in [7, 11) is 0. The Balaban J connectivity index is 2.24. The van der Waals surface area contributed by atoms with Crippen molar-refractivity contribution in [3.63, 3.8) is 0 Å². The molecule has 0 aliphatic carbocycles. The van der Waals surface area contributed by atoms with E-state index in [1.54, 1.807) is 12.1 Å². The van der Waals surface area contributed by atoms with Gasteiger partial charge in [-0.2, -0.15) is 13.2 Å². The summed E-state index contributed by atoms with van der Waals surface area (Å²) in [5.41, 5.74) is -3.93. The van der Waals surface area contributed by atoms with Crippen LogP contribution >= 0.6 is 55.0 Å². The number of hydrogen-bond acceptors (Lipinski definition) is 3. The Labute approximate surface area is 143 Å². The summed E-state index contributed by atoms with van der Waals surface area (Å²) in [6.45, 7) is 0. The van der Waals surface area contributed by atoms with E-state index >= 15 is 0 Å². The number of para-hydroxylation sites is 1. The van der Waals surface area contributed by atoms with Gasteiger partial charge >= 0.3 is 5.51 Å². The maximum Gasteiger partial charge on any atom is 0.446 e. The number of alkyl halides is 3. The first-order valence-electron chi connectivity index (χ1n) is 5.37. The third-order valence-electron chi connectivity index (χ3n) is 2.26. The number of rotatable bonds is 3. The Kier molecular flexibility index (Phi) is 5.39. The van der Waals surface area contributed by atoms with Crippen molar-refractivity contribution in [3.05, 3.63) is 43.5 Å². The lowest BCUT2D eigenvalue weighted by molar-refractivity contribution is -0.0328. The van der Waals surface area contributed by atoms with E-state index in [0.717, 1.165) is 3.79 Å². The summed E-state index contributed by atoms with van der Waals surface area (Å²) in [6.07, 6.45) is 0. The zero-order chi connectivity index (χ0) is 15.6. The van der Waals surface area contributed by atoms with Crippen molar-refractivity contribution in [2.45, 2.75) is 10.4 Å². The average molecular weight is 461 g/mol. The van der Waals surface area contributed by atoms with Crippen LogP contribution in [0.2, 0.25) is 0 Å². The highest BCUT2D eigenvalue weighted by Crippen LogP contribution is 2.40. The van der Waals surface area contributed by atoms with Crippen LogP contribution in [0.25, 0.3) is 0 Å². The lowest BCUT2D eigenvalue weighted by atomic mass is 10.3. The normalized spacial score (nSPS) is 11.5. The maximum atomic E-state index is 12.5. The second-order valence-corrected chi connectivity index (χ2v) is 8.59. The highest BCUT2D eigenvalue weighted by atomic mass is 79.9. The van der Waals surface area contributed by atoms with Gasteiger partial charge in [-0.1, -0.05) is 12.1 Å². The molecule has 1 heterocycles. The molecule has 0 saturated heterocycles. The number of nitrogens with one attached hydrogen (secondary N) is 1. The number of thiophene rings is 1. The van der Waals surface area contributed by atoms with Crippen molar-refractivity contribution >= 4 is 66.6 Å². The summed E-state index contributed by atoms with van der Waals surface area (Å²) >= 11 is 7.54. The van der Waals surface area contributed by atoms with Gasteiger partial charge in [-0.25, -0.2) is 0 Å². The van der Waals surface area contributed by atoms with Crippen LogP contribution in [0.4, 0.5) is 18.9 Å². The number of benzene rings is 1. The molecule has 0 aliphatic rings. The first-order chi connectivity index (χ1) is 9.76. The molecule has 1 aromatic carbocycles. The molecule has 1 N–H and O–H groups in total. The monoisotopic (exact) mass is 459 g/mol. The van der Waals surface area contributed by atoms with Gasteiger partial charge in [0, 0.05) is 4.90 Å². The van der Waals surface area contributed by atoms with E-state index in [-0.39, 0.29) is 22.3 Å². The molecule has 0 saturated carbocycles. The Morgan fingerprint density at radius 2 is 1.90 bits per heavy atom. The van der Waals surface area contributed by atoms with Gasteiger partial charge in [0.15, 0.2) is 0 Å². The molecule has 2 rings (SSSR count). The molecule has 2 nitrogen and oxygen atoms in total. The van der Waals surface area contributed by atoms with Crippen molar-refractivity contribution < 1.29 is 18.0 Å². The Hall–Kier alpha value is -0.510. The molecule has 1 amide bonds. The second-order valence-electron chi connectivity index (χ2n) is 3.74. The van der Waals surface area contributed by atoms with Gasteiger partial charge in [-0.05, 0) is 61.8 Å². The predicted molar refractivity (Wildman–Crippen MR) is 86.0 cm³/mol. The van der Waals surface area contributed by atoms with Gasteiger partial charge in [0.2, 0.25) is 0 Å². The van der Waals surface area contributed by atoms with E-state index < -0.39 is 11.4 Å². The summed E-state index contributed by atoms with van der Waals surface area (Å²) < 4.78 is 38.8. The number of carbonyl (C=O) groups excluding carboxylic acids is 1. The van der Waals surface area contributed by atoms with Crippen molar-refractivity contribution in [3.8, 4) is 0 Å². The van der Waals surface area contributed by atoms with Gasteiger partial charge in [-0.3, -0.25) is 4.79 Å². The topological polar surface area (TPSA) is 29.1 Å². The van der Waals surface area contributed by atoms with Crippen molar-refractivity contribution in [2.75, 3.05) is 5.32 Å². The first kappa shape index (κ1) is 16.9. The summed E-state index contributed by atoms with van der Waals surface area (Å²) in [6, 6.07) is 7.40. The standard InChI is InChI=1S/C12H6Br2F3NOS2/c13-9-5-6(10(14)20-9)11(19)18-7-3-1-2-4-8(7)21-12(15,16)17/h1-5H,(H,18,19). The minimum absolute atomic E-state index is 0.0521. The quantitative estimate of drug-likeness (QED) is 0.557. The molecule has 0 unspecified atom stereocenters. The molecule has 0 bridgehead atoms. The van der Waals surface area contributed by atoms with Gasteiger partial charge in [0.1, 0.15) is 0 Å². The van der Waals surface area contributed by atoms with E-state index in [2.05, 4.69) is 37.2 Å². The van der Waals surface area contributed by atoms with E-state index in [0.29, 0.717) is 9.35 Å². The molecule has 2 aromatic rings. The summed E-state index contributed by atoms with van der Waals surface area (Å²) in [4.78, 5) is 12.1. The average Bonchev–Trinajstić information content (AvgIpc) is 2.69. The predicted octanol–water partition coefficient (Wildman–Crippen LogP) is 6.14. The largest absolute Gasteiger partial charge is 0.446 e. The van der Waals surface area contributed by atoms with Crippen molar-refractivity contribution in [2.24, 2.45) is 0 Å². The molecule has 0 aliphatic heterocycles. The Morgan fingerprint density at radius 3 is 2.48 bits per heavy atom. The fourth-order valence-corrected chi connectivity index (χ4v) is 4.89. The molecule has 0 radical (unpaired) electrons. The van der Waals surface area contributed by atoms with Crippen LogP contribution < -0.4 is 5.32 Å². The van der Waals surface area contributed by atoms with Crippen LogP contribution in [-0.4, -0.2) is 11.4 Å². The number of amides is 1. The van der Waals surface area contributed by atoms with Crippen molar-refractivity contribution in [1.82, 2.24) is 0 Å². The lowest BCUT2D eigenvalue weighted by Gasteiger charge is -2.11. The lowest BCUT2D eigenvalue weighted by Crippen LogP contribution is -2.12. The van der Waals surface area contributed by atoms with E-state index in [1.807, 2.05) is 0 Å². The molecular weight excluding hydrogens is 455 g/mol. The fourth-order valence-electron chi connectivity index (χ4n) is 1.47. The van der Waals surface area contributed by atoms with Gasteiger partial charge < -0.3 is 5.32 Å². The van der Waals surface area contributed by atoms with Gasteiger partial charge in [-0.15, -0.1) is 11.3 Å². The number of carbonyl (C=O) groups is 1. The molecular formula is C12H6Br2F3NOS2. The van der Waals surface area contributed by atoms with E-state index in [4.69, 9.17) is 0 Å². The Bertz CT molecular complexity index is 673. The van der Waals surface area contributed by atoms with Crippen molar-refractivity contribution in [1.29, 1.82) is 0 Å². The zero-order valence-electron chi connectivity index (χ0n) is 10.0. The van der Waals surface area contributed by atoms with Gasteiger partial charge in [0.05, 0.1) is 18.8 Å². The number of halogens is 5. The second kappa shape index (κ2) is 6.72. The third-order valence-corrected chi connectivity index (χ3v) is 5.41. The molecule has 0 fully saturated rings. The number of anilines is 1. The SMILES string of the molecule is O=C(Nc1ccccc1SC(F)(F)F)c1cc(Br)sc1Br. The number of thioether (sulfide) groups is 1. The van der Waals surface area contributed by atoms with Crippen LogP contribution in [0.15, 0.2) is 42.8 Å². The molecule has 0 spiro atoms. The smallest absolute Gasteiger partial charge is 0.321 e. The molecule has 112 valence electrons. The fraction of sp³-hybridized carbons (Fsp3) is 0.0833. The van der Waals surface area contributed by atoms with Crippen LogP contribution in [0.3, 0.4) is 0 Å². The highest BCUT2D eigenvalue weighted by molar-refractivity contribution is 9.12. The minimum Gasteiger partial charge on any atom is -0.321 e. The Morgan fingerprint density at radius 1 is 1.24 bits per heavy atom. The molecule has 0 atom stereocenters. The zero-order valence-corrected chi connectivity index (χ0v) is 14.8. The van der Waals surface area contributed by atoms with Crippen LogP contribution in [0.5, 0.6) is 0 Å². The first-order valence-corrected chi connectivity index (χ1v) is 8.59. The van der Waals surface area contributed by atoms with E-state index in [9.17, 15) is 18.0 Å². The molecule has 21 heavy (non-hydrogen) atoms. The summed E-state index contributed by atoms with van der Waals surface area (Å²) in [5.74, 6) is -0.473. The van der Waals surface area contributed by atoms with E-state index in [1.165, 1.54) is 29.5 Å². The minimum atomic E-state index is -4.41. The molecule has 9 heteroatoms. The molecule has 1 aromatic heterocycles. The summed E-state index contributed by atoms with van der Waals surface area (Å²) in [5, 5.41) is 2.50. The van der Waals surface area contributed by atoms with Gasteiger partial charge in [0.25, 0.3) is 5.91 Å². The number of hydrogen-bond donors (Lipinski definition) is 1.